The third-order valence-electron chi connectivity index (χ3n) is 4.94. The van der Waals surface area contributed by atoms with Crippen LogP contribution < -0.4 is 15.4 Å². The summed E-state index contributed by atoms with van der Waals surface area (Å²) in [5, 5.41) is 28.7. The zero-order valence-electron chi connectivity index (χ0n) is 19.1. The number of hydrogen-bond acceptors (Lipinski definition) is 9. The molecule has 0 unspecified atom stereocenters. The van der Waals surface area contributed by atoms with Gasteiger partial charge < -0.3 is 30.1 Å². The van der Waals surface area contributed by atoms with Crippen LogP contribution in [0.4, 0.5) is 0 Å². The van der Waals surface area contributed by atoms with E-state index in [1.165, 1.54) is 4.88 Å². The fourth-order valence-electron chi connectivity index (χ4n) is 3.25. The van der Waals surface area contributed by atoms with Crippen molar-refractivity contribution in [2.75, 3.05) is 26.3 Å². The Balaban J connectivity index is 1.72. The van der Waals surface area contributed by atoms with Crippen LogP contribution in [0.5, 0.6) is 5.75 Å². The lowest BCUT2D eigenvalue weighted by Gasteiger charge is -2.17. The van der Waals surface area contributed by atoms with Gasteiger partial charge in [-0.2, -0.15) is 4.98 Å². The number of amides is 1. The maximum absolute atomic E-state index is 11.1. The summed E-state index contributed by atoms with van der Waals surface area (Å²) < 4.78 is 11.4. The van der Waals surface area contributed by atoms with E-state index < -0.39 is 18.6 Å². The fraction of sp³-hybridized carbons (Fsp3) is 0.435. The number of hydrogen-bond donors (Lipinski definition) is 4. The van der Waals surface area contributed by atoms with Crippen molar-refractivity contribution < 1.29 is 24.3 Å². The first kappa shape index (κ1) is 24.8. The Hall–Kier alpha value is -2.79. The minimum Gasteiger partial charge on any atom is -0.490 e. The van der Waals surface area contributed by atoms with Crippen molar-refractivity contribution in [2.24, 2.45) is 0 Å². The number of aromatic nitrogens is 2. The van der Waals surface area contributed by atoms with Crippen LogP contribution >= 0.6 is 11.3 Å². The van der Waals surface area contributed by atoms with E-state index in [0.29, 0.717) is 23.9 Å². The van der Waals surface area contributed by atoms with Gasteiger partial charge in [-0.1, -0.05) is 19.0 Å². The van der Waals surface area contributed by atoms with Gasteiger partial charge >= 0.3 is 0 Å². The van der Waals surface area contributed by atoms with Crippen LogP contribution in [-0.2, 0) is 17.8 Å². The van der Waals surface area contributed by atoms with Gasteiger partial charge in [-0.25, -0.2) is 0 Å². The van der Waals surface area contributed by atoms with E-state index in [1.807, 2.05) is 32.0 Å². The molecule has 0 aliphatic carbocycles. The van der Waals surface area contributed by atoms with E-state index in [1.54, 1.807) is 11.3 Å². The van der Waals surface area contributed by atoms with E-state index in [0.717, 1.165) is 34.7 Å². The van der Waals surface area contributed by atoms with Gasteiger partial charge in [0.25, 0.3) is 5.89 Å². The highest BCUT2D eigenvalue weighted by Gasteiger charge is 2.17. The summed E-state index contributed by atoms with van der Waals surface area (Å²) in [5.41, 5.74) is 2.66. The van der Waals surface area contributed by atoms with Gasteiger partial charge in [0, 0.05) is 23.5 Å². The van der Waals surface area contributed by atoms with E-state index in [2.05, 4.69) is 33.8 Å². The smallest absolute Gasteiger partial charge is 0.268 e. The number of carbonyl (C=O) groups excluding carboxylic acids is 1. The molecule has 0 aliphatic rings. The summed E-state index contributed by atoms with van der Waals surface area (Å²) in [6.45, 7) is 7.13. The maximum Gasteiger partial charge on any atom is 0.268 e. The largest absolute Gasteiger partial charge is 0.490 e. The molecular weight excluding hydrogens is 444 g/mol. The summed E-state index contributed by atoms with van der Waals surface area (Å²) >= 11 is 1.62. The molecule has 0 spiro atoms. The Kier molecular flexibility index (Phi) is 8.95. The lowest BCUT2D eigenvalue weighted by Crippen LogP contribution is -2.36. The van der Waals surface area contributed by atoms with Crippen LogP contribution in [0.25, 0.3) is 22.2 Å². The van der Waals surface area contributed by atoms with Crippen LogP contribution in [0.15, 0.2) is 28.8 Å². The second kappa shape index (κ2) is 11.9. The van der Waals surface area contributed by atoms with Gasteiger partial charge in [0.1, 0.15) is 25.1 Å². The third-order valence-corrected chi connectivity index (χ3v) is 6.01. The Morgan fingerprint density at radius 2 is 2.12 bits per heavy atom. The van der Waals surface area contributed by atoms with Gasteiger partial charge in [0.2, 0.25) is 11.7 Å². The topological polar surface area (TPSA) is 130 Å². The first-order chi connectivity index (χ1) is 15.9. The minimum atomic E-state index is -0.896. The second-order valence-corrected chi connectivity index (χ2v) is 8.70. The monoisotopic (exact) mass is 474 g/mol. The number of aliphatic hydroxyl groups is 2. The molecule has 33 heavy (non-hydrogen) atoms. The summed E-state index contributed by atoms with van der Waals surface area (Å²) in [7, 11) is 0. The summed E-state index contributed by atoms with van der Waals surface area (Å²) in [4.78, 5) is 17.8. The fourth-order valence-corrected chi connectivity index (χ4v) is 4.15. The maximum atomic E-state index is 11.1. The summed E-state index contributed by atoms with van der Waals surface area (Å²) in [5.74, 6) is 1.13. The van der Waals surface area contributed by atoms with Crippen LogP contribution in [0.1, 0.15) is 29.9 Å². The number of aryl methyl sites for hydroxylation is 2. The Morgan fingerprint density at radius 3 is 2.85 bits per heavy atom. The lowest BCUT2D eigenvalue weighted by molar-refractivity contribution is -0.124. The van der Waals surface area contributed by atoms with Gasteiger partial charge in [0.05, 0.1) is 4.88 Å². The predicted octanol–water partition coefficient (Wildman–Crippen LogP) is 2.29. The normalized spacial score (nSPS) is 12.0. The quantitative estimate of drug-likeness (QED) is 0.315. The van der Waals surface area contributed by atoms with Crippen molar-refractivity contribution in [1.29, 1.82) is 0 Å². The Morgan fingerprint density at radius 1 is 1.30 bits per heavy atom. The molecule has 178 valence electrons. The average Bonchev–Trinajstić information content (AvgIpc) is 3.49. The molecule has 1 aromatic carbocycles. The van der Waals surface area contributed by atoms with Crippen LogP contribution in [-0.4, -0.2) is 58.7 Å². The molecule has 0 aliphatic heterocycles. The van der Waals surface area contributed by atoms with Crippen LogP contribution in [0.2, 0.25) is 0 Å². The SMILES string of the molecule is CCNCc1ccc(-c2nc(-c3cc(C)c(OC[C@@H](O)CNC(=O)CO)c(CC)c3)no2)s1. The number of aliphatic hydroxyl groups excluding tert-OH is 2. The zero-order chi connectivity index (χ0) is 23.8. The number of rotatable bonds is 12. The lowest BCUT2D eigenvalue weighted by atomic mass is 10.0. The molecule has 1 atom stereocenters. The summed E-state index contributed by atoms with van der Waals surface area (Å²) in [6, 6.07) is 7.93. The summed E-state index contributed by atoms with van der Waals surface area (Å²) in [6.07, 6.45) is -0.183. The highest BCUT2D eigenvalue weighted by atomic mass is 32.1. The van der Waals surface area contributed by atoms with Gasteiger partial charge in [-0.3, -0.25) is 4.79 Å². The molecule has 3 aromatic rings. The first-order valence-electron chi connectivity index (χ1n) is 10.9. The molecule has 9 nitrogen and oxygen atoms in total. The van der Waals surface area contributed by atoms with E-state index in [-0.39, 0.29) is 13.2 Å². The molecule has 0 radical (unpaired) electrons. The Bertz CT molecular complexity index is 1070. The second-order valence-electron chi connectivity index (χ2n) is 7.53. The van der Waals surface area contributed by atoms with E-state index in [9.17, 15) is 9.90 Å². The predicted molar refractivity (Wildman–Crippen MR) is 126 cm³/mol. The molecule has 4 N–H and O–H groups in total. The number of benzene rings is 1. The number of carbonyl (C=O) groups is 1. The number of ether oxygens (including phenoxy) is 1. The van der Waals surface area contributed by atoms with Crippen molar-refractivity contribution >= 4 is 17.2 Å². The van der Waals surface area contributed by atoms with Crippen molar-refractivity contribution in [2.45, 2.75) is 39.8 Å². The Labute approximate surface area is 196 Å². The highest BCUT2D eigenvalue weighted by molar-refractivity contribution is 7.15. The molecular formula is C23H30N4O5S. The van der Waals surface area contributed by atoms with Crippen molar-refractivity contribution in [1.82, 2.24) is 20.8 Å². The number of thiophene rings is 1. The van der Waals surface area contributed by atoms with Crippen LogP contribution in [0, 0.1) is 6.92 Å². The molecule has 2 heterocycles. The highest BCUT2D eigenvalue weighted by Crippen LogP contribution is 2.32. The van der Waals surface area contributed by atoms with E-state index in [4.69, 9.17) is 14.4 Å². The van der Waals surface area contributed by atoms with Crippen molar-refractivity contribution in [3.8, 4) is 27.9 Å². The molecule has 0 saturated heterocycles. The number of nitrogens with one attached hydrogen (secondary N) is 2. The molecule has 3 rings (SSSR count). The number of nitrogens with zero attached hydrogens (tertiary/aromatic N) is 2. The average molecular weight is 475 g/mol. The molecule has 2 aromatic heterocycles. The third kappa shape index (κ3) is 6.61. The molecule has 0 saturated carbocycles. The van der Waals surface area contributed by atoms with E-state index >= 15 is 0 Å². The zero-order valence-corrected chi connectivity index (χ0v) is 19.9. The molecule has 1 amide bonds. The van der Waals surface area contributed by atoms with Crippen molar-refractivity contribution in [3.05, 3.63) is 40.3 Å². The van der Waals surface area contributed by atoms with Gasteiger partial charge in [0.15, 0.2) is 0 Å². The minimum absolute atomic E-state index is 0.00254. The first-order valence-corrected chi connectivity index (χ1v) is 11.7. The molecule has 10 heteroatoms. The molecule has 0 bridgehead atoms. The standard InChI is InChI=1S/C23H30N4O5S/c1-4-15-9-16(8-14(3)21(15)31-13-17(29)10-25-20(30)12-28)22-26-23(32-27-22)19-7-6-18(33-19)11-24-5-2/h6-9,17,24,28-29H,4-5,10-13H2,1-3H3,(H,25,30)/t17-/m0/s1. The van der Waals surface area contributed by atoms with Crippen molar-refractivity contribution in [3.63, 3.8) is 0 Å². The van der Waals surface area contributed by atoms with Gasteiger partial charge in [-0.15, -0.1) is 11.3 Å². The molecule has 0 fully saturated rings. The van der Waals surface area contributed by atoms with Crippen LogP contribution in [0.3, 0.4) is 0 Å². The van der Waals surface area contributed by atoms with Gasteiger partial charge in [-0.05, 0) is 55.3 Å².